The first-order chi connectivity index (χ1) is 27.7. The minimum atomic E-state index is -4.83. The van der Waals surface area contributed by atoms with Crippen LogP contribution < -0.4 is 20.4 Å². The number of pyridine rings is 2. The van der Waals surface area contributed by atoms with Crippen molar-refractivity contribution in [2.24, 2.45) is 20.0 Å². The molecule has 5 aliphatic rings. The predicted molar refractivity (Wildman–Crippen MR) is 222 cm³/mol. The normalized spacial score (nSPS) is 18.1. The highest BCUT2D eigenvalue weighted by molar-refractivity contribution is 6.26. The molecule has 0 bridgehead atoms. The number of rotatable bonds is 8. The number of hydrogen-bond acceptors (Lipinski definition) is 11. The number of allylic oxidation sites excluding steroid dienone is 2. The van der Waals surface area contributed by atoms with Crippen molar-refractivity contribution in [2.75, 3.05) is 46.6 Å². The maximum atomic E-state index is 14.5. The Bertz CT molecular complexity index is 2300. The van der Waals surface area contributed by atoms with E-state index < -0.39 is 12.0 Å². The van der Waals surface area contributed by atoms with Crippen LogP contribution in [0.1, 0.15) is 60.8 Å². The summed E-state index contributed by atoms with van der Waals surface area (Å²) in [6, 6.07) is 19.9. The Balaban J connectivity index is 1.18. The number of nitrogens with one attached hydrogen (secondary N) is 2. The predicted octanol–water partition coefficient (Wildman–Crippen LogP) is 9.29. The number of piperidine rings is 2. The number of benzene rings is 2. The Morgan fingerprint density at radius 2 is 1.14 bits per heavy atom. The maximum Gasteiger partial charge on any atom is 0.451 e. The first-order valence-electron chi connectivity index (χ1n) is 19.5. The Morgan fingerprint density at radius 1 is 0.596 bits per heavy atom. The van der Waals surface area contributed by atoms with Gasteiger partial charge in [-0.1, -0.05) is 12.1 Å². The molecule has 0 radical (unpaired) electrons. The van der Waals surface area contributed by atoms with Crippen molar-refractivity contribution in [3.05, 3.63) is 113 Å². The fourth-order valence-electron chi connectivity index (χ4n) is 7.82. The van der Waals surface area contributed by atoms with Gasteiger partial charge in [-0.25, -0.2) is 24.9 Å². The zero-order chi connectivity index (χ0) is 39.1. The van der Waals surface area contributed by atoms with Gasteiger partial charge in [0.1, 0.15) is 11.6 Å². The van der Waals surface area contributed by atoms with Crippen LogP contribution in [0.3, 0.4) is 0 Å². The third-order valence-electron chi connectivity index (χ3n) is 10.9. The van der Waals surface area contributed by atoms with Crippen LogP contribution in [-0.4, -0.2) is 70.7 Å². The molecule has 0 aliphatic carbocycles. The molecule has 11 nitrogen and oxygen atoms in total. The molecule has 0 amide bonds. The molecule has 0 saturated carbocycles. The third-order valence-corrected chi connectivity index (χ3v) is 10.9. The lowest BCUT2D eigenvalue weighted by molar-refractivity contribution is -0.0597. The molecule has 5 aliphatic heterocycles. The lowest BCUT2D eigenvalue weighted by Crippen LogP contribution is -2.44. The van der Waals surface area contributed by atoms with Gasteiger partial charge in [0.05, 0.1) is 28.5 Å². The molecular weight excluding hydrogens is 728 g/mol. The molecule has 9 rings (SSSR count). The second kappa shape index (κ2) is 15.0. The lowest BCUT2D eigenvalue weighted by Gasteiger charge is -2.34. The van der Waals surface area contributed by atoms with Crippen molar-refractivity contribution in [1.29, 1.82) is 0 Å². The van der Waals surface area contributed by atoms with E-state index in [1.807, 2.05) is 74.5 Å². The molecule has 57 heavy (non-hydrogen) atoms. The van der Waals surface area contributed by atoms with Crippen LogP contribution in [-0.2, 0) is 0 Å². The zero-order valence-corrected chi connectivity index (χ0v) is 31.8. The topological polar surface area (TPSA) is 109 Å². The van der Waals surface area contributed by atoms with Crippen molar-refractivity contribution >= 4 is 63.5 Å². The van der Waals surface area contributed by atoms with E-state index in [2.05, 4.69) is 52.5 Å². The number of aliphatic imine (C=N–C) groups is 4. The van der Waals surface area contributed by atoms with Gasteiger partial charge in [-0.15, -0.1) is 0 Å². The van der Waals surface area contributed by atoms with E-state index in [1.54, 1.807) is 12.4 Å². The second-order valence-electron chi connectivity index (χ2n) is 14.8. The highest BCUT2D eigenvalue weighted by Gasteiger charge is 2.43. The molecule has 14 heteroatoms. The van der Waals surface area contributed by atoms with E-state index in [0.29, 0.717) is 39.9 Å². The smallest absolute Gasteiger partial charge is 0.371 e. The van der Waals surface area contributed by atoms with Gasteiger partial charge in [-0.2, -0.15) is 23.2 Å². The minimum Gasteiger partial charge on any atom is -0.371 e. The molecule has 2 aromatic heterocycles. The summed E-state index contributed by atoms with van der Waals surface area (Å²) < 4.78 is 43.4. The van der Waals surface area contributed by atoms with Crippen LogP contribution in [0, 0.1) is 13.8 Å². The molecule has 2 aromatic carbocycles. The van der Waals surface area contributed by atoms with Crippen molar-refractivity contribution < 1.29 is 13.2 Å². The molecule has 7 heterocycles. The number of guanidine groups is 2. The molecule has 2 saturated heterocycles. The summed E-state index contributed by atoms with van der Waals surface area (Å²) in [5, 5.41) is 7.04. The molecule has 0 unspecified atom stereocenters. The van der Waals surface area contributed by atoms with E-state index in [4.69, 9.17) is 9.98 Å². The number of alkyl halides is 3. The van der Waals surface area contributed by atoms with Crippen LogP contribution in [0.15, 0.2) is 111 Å². The average Bonchev–Trinajstić information content (AvgIpc) is 3.22. The largest absolute Gasteiger partial charge is 0.451 e. The number of aromatic nitrogens is 2. The molecule has 4 aromatic rings. The van der Waals surface area contributed by atoms with Gasteiger partial charge in [-0.05, 0) is 124 Å². The van der Waals surface area contributed by atoms with E-state index in [1.165, 1.54) is 17.7 Å². The van der Waals surface area contributed by atoms with Crippen molar-refractivity contribution in [1.82, 2.24) is 14.9 Å². The zero-order valence-electron chi connectivity index (χ0n) is 31.8. The first kappa shape index (κ1) is 36.3. The van der Waals surface area contributed by atoms with Crippen LogP contribution in [0.25, 0.3) is 5.70 Å². The molecular formula is C43H42F3N11. The fourth-order valence-corrected chi connectivity index (χ4v) is 7.82. The summed E-state index contributed by atoms with van der Waals surface area (Å²) >= 11 is 0. The average molecular weight is 770 g/mol. The summed E-state index contributed by atoms with van der Waals surface area (Å²) in [5.41, 5.74) is 8.21. The highest BCUT2D eigenvalue weighted by Crippen LogP contribution is 2.39. The summed E-state index contributed by atoms with van der Waals surface area (Å²) in [5.74, 6) is -0.299. The van der Waals surface area contributed by atoms with Crippen molar-refractivity contribution in [3.8, 4) is 0 Å². The fraction of sp³-hybridized carbons (Fsp3) is 0.302. The summed E-state index contributed by atoms with van der Waals surface area (Å²) in [4.78, 5) is 32.8. The van der Waals surface area contributed by atoms with E-state index in [9.17, 15) is 13.2 Å². The monoisotopic (exact) mass is 769 g/mol. The third kappa shape index (κ3) is 7.39. The number of amidine groups is 1. The standard InChI is InChI=1S/C43H42F3N11/c1-27-11-9-17-47-38(27)49-34-23-29(55-19-5-3-6-20-55)13-15-32(34)36-25-31-26-37(52-42-54-40(43(44,45)46)53-41(51-36)57(31)42)33-16-14-30(56-21-7-4-8-22-56)24-35(33)50-39-28(2)12-10-18-48-39/h9-18,23-26H,3-8,19-22H2,1-2H3,(H,47,49)(H,48,50). The second-order valence-corrected chi connectivity index (χ2v) is 14.8. The molecule has 0 atom stereocenters. The SMILES string of the molecule is Cc1cccnc1Nc1cc(N2CCCCC2)ccc1C1=CC2=CC(c3ccc(N4CCCCC4)cc3Nc3ncccc3C)=NC3=NC(C(F)(F)F)=NC(=N1)N23. The highest BCUT2D eigenvalue weighted by atomic mass is 19.4. The van der Waals surface area contributed by atoms with Gasteiger partial charge in [0.25, 0.3) is 0 Å². The van der Waals surface area contributed by atoms with E-state index in [0.717, 1.165) is 85.7 Å². The number of nitrogens with zero attached hydrogens (tertiary/aromatic N) is 9. The van der Waals surface area contributed by atoms with Crippen LogP contribution in [0.4, 0.5) is 47.6 Å². The number of aryl methyl sites for hydroxylation is 2. The van der Waals surface area contributed by atoms with Crippen LogP contribution >= 0.6 is 0 Å². The van der Waals surface area contributed by atoms with Gasteiger partial charge in [-0.3, -0.25) is 0 Å². The van der Waals surface area contributed by atoms with Gasteiger partial charge in [0.2, 0.25) is 17.8 Å². The Labute approximate surface area is 329 Å². The summed E-state index contributed by atoms with van der Waals surface area (Å²) in [6.45, 7) is 7.74. The van der Waals surface area contributed by atoms with Gasteiger partial charge in [0.15, 0.2) is 0 Å². The van der Waals surface area contributed by atoms with Gasteiger partial charge in [0, 0.05) is 61.1 Å². The molecule has 2 fully saturated rings. The van der Waals surface area contributed by atoms with Crippen LogP contribution in [0.2, 0.25) is 0 Å². The maximum absolute atomic E-state index is 14.5. The number of halogens is 3. The van der Waals surface area contributed by atoms with Crippen molar-refractivity contribution in [3.63, 3.8) is 0 Å². The quantitative estimate of drug-likeness (QED) is 0.184. The van der Waals surface area contributed by atoms with Gasteiger partial charge >= 0.3 is 6.18 Å². The van der Waals surface area contributed by atoms with Gasteiger partial charge < -0.3 is 20.4 Å². The minimum absolute atomic E-state index is 0.165. The number of anilines is 6. The van der Waals surface area contributed by atoms with Crippen molar-refractivity contribution in [2.45, 2.75) is 58.5 Å². The van der Waals surface area contributed by atoms with E-state index in [-0.39, 0.29) is 11.9 Å². The molecule has 2 N–H and O–H groups in total. The Hall–Kier alpha value is -6.31. The number of hydrogen-bond donors (Lipinski definition) is 2. The Kier molecular flexibility index (Phi) is 9.55. The lowest BCUT2D eigenvalue weighted by atomic mass is 10.0. The van der Waals surface area contributed by atoms with Crippen LogP contribution in [0.5, 0.6) is 0 Å². The Morgan fingerprint density at radius 3 is 1.70 bits per heavy atom. The first-order valence-corrected chi connectivity index (χ1v) is 19.5. The molecule has 290 valence electrons. The summed E-state index contributed by atoms with van der Waals surface area (Å²) in [7, 11) is 0. The summed E-state index contributed by atoms with van der Waals surface area (Å²) in [6.07, 6.45) is 9.16. The molecule has 0 spiro atoms. The van der Waals surface area contributed by atoms with E-state index >= 15 is 0 Å².